The van der Waals surface area contributed by atoms with Gasteiger partial charge in [0.05, 0.1) is 36.9 Å². The molecule has 1 aliphatic rings. The van der Waals surface area contributed by atoms with E-state index in [2.05, 4.69) is 22.6 Å². The third-order valence-corrected chi connectivity index (χ3v) is 6.23. The molecule has 0 spiro atoms. The molecule has 2 aromatic carbocycles. The molecule has 0 aromatic heterocycles. The lowest BCUT2D eigenvalue weighted by Crippen LogP contribution is -2.35. The summed E-state index contributed by atoms with van der Waals surface area (Å²) in [5.41, 5.74) is 0.601. The Labute approximate surface area is 149 Å². The average Bonchev–Trinajstić information content (AvgIpc) is 3.38. The van der Waals surface area contributed by atoms with Gasteiger partial charge in [-0.05, 0) is 46.9 Å². The van der Waals surface area contributed by atoms with E-state index < -0.39 is 10.0 Å². The lowest BCUT2D eigenvalue weighted by molar-refractivity contribution is 0.410. The second-order valence-corrected chi connectivity index (χ2v) is 8.15. The largest absolute Gasteiger partial charge is 0.497 e. The molecule has 1 unspecified atom stereocenters. The Morgan fingerprint density at radius 3 is 2.57 bits per heavy atom. The minimum atomic E-state index is -3.66. The Morgan fingerprint density at radius 2 is 1.96 bits per heavy atom. The van der Waals surface area contributed by atoms with Gasteiger partial charge in [-0.15, -0.1) is 0 Å². The summed E-state index contributed by atoms with van der Waals surface area (Å²) < 4.78 is 38.9. The molecule has 0 aliphatic carbocycles. The molecule has 1 atom stereocenters. The van der Waals surface area contributed by atoms with Gasteiger partial charge in [-0.25, -0.2) is 8.42 Å². The molecule has 1 fully saturated rings. The zero-order chi connectivity index (χ0) is 16.4. The highest BCUT2D eigenvalue weighted by Gasteiger charge is 2.34. The highest BCUT2D eigenvalue weighted by Crippen LogP contribution is 2.33. The van der Waals surface area contributed by atoms with Crippen LogP contribution in [0.15, 0.2) is 53.4 Å². The molecule has 0 N–H and O–H groups in total. The van der Waals surface area contributed by atoms with Crippen LogP contribution in [0.2, 0.25) is 0 Å². The highest BCUT2D eigenvalue weighted by molar-refractivity contribution is 14.1. The average molecular weight is 445 g/mol. The van der Waals surface area contributed by atoms with E-state index in [1.165, 1.54) is 4.31 Å². The van der Waals surface area contributed by atoms with Gasteiger partial charge in [0.1, 0.15) is 5.75 Å². The monoisotopic (exact) mass is 445 g/mol. The fraction of sp³-hybridized carbons (Fsp3) is 0.250. The SMILES string of the molecule is COc1ccc(I)c(N(CC2CO2)S(=O)(=O)c2ccccc2)c1. The fourth-order valence-corrected chi connectivity index (χ4v) is 4.53. The number of rotatable bonds is 6. The molecule has 5 nitrogen and oxygen atoms in total. The summed E-state index contributed by atoms with van der Waals surface area (Å²) in [7, 11) is -2.10. The molecule has 23 heavy (non-hydrogen) atoms. The number of sulfonamides is 1. The molecule has 0 amide bonds. The molecule has 2 aromatic rings. The summed E-state index contributed by atoms with van der Waals surface area (Å²) in [4.78, 5) is 0.263. The molecule has 0 saturated carbocycles. The molecule has 122 valence electrons. The predicted octanol–water partition coefficient (Wildman–Crippen LogP) is 2.89. The van der Waals surface area contributed by atoms with Crippen molar-refractivity contribution in [1.82, 2.24) is 0 Å². The summed E-state index contributed by atoms with van der Waals surface area (Å²) in [6.07, 6.45) is -0.0597. The second kappa shape index (κ2) is 6.66. The van der Waals surface area contributed by atoms with Crippen molar-refractivity contribution in [2.24, 2.45) is 0 Å². The van der Waals surface area contributed by atoms with Crippen molar-refractivity contribution >= 4 is 38.3 Å². The van der Waals surface area contributed by atoms with E-state index in [0.717, 1.165) is 3.57 Å². The lowest BCUT2D eigenvalue weighted by atomic mass is 10.3. The molecule has 0 bridgehead atoms. The molecule has 3 rings (SSSR count). The van der Waals surface area contributed by atoms with Gasteiger partial charge in [-0.1, -0.05) is 18.2 Å². The summed E-state index contributed by atoms with van der Waals surface area (Å²) in [5.74, 6) is 0.616. The van der Waals surface area contributed by atoms with Crippen LogP contribution < -0.4 is 9.04 Å². The van der Waals surface area contributed by atoms with E-state index in [4.69, 9.17) is 9.47 Å². The van der Waals surface area contributed by atoms with Crippen molar-refractivity contribution in [1.29, 1.82) is 0 Å². The van der Waals surface area contributed by atoms with Gasteiger partial charge in [-0.3, -0.25) is 4.31 Å². The number of halogens is 1. The van der Waals surface area contributed by atoms with Crippen LogP contribution in [0.1, 0.15) is 0 Å². The van der Waals surface area contributed by atoms with Gasteiger partial charge < -0.3 is 9.47 Å². The number of epoxide rings is 1. The lowest BCUT2D eigenvalue weighted by Gasteiger charge is -2.25. The van der Waals surface area contributed by atoms with Crippen LogP contribution in [-0.4, -0.2) is 34.8 Å². The van der Waals surface area contributed by atoms with Crippen molar-refractivity contribution in [3.8, 4) is 5.75 Å². The van der Waals surface area contributed by atoms with Crippen molar-refractivity contribution in [3.63, 3.8) is 0 Å². The smallest absolute Gasteiger partial charge is 0.264 e. The van der Waals surface area contributed by atoms with E-state index in [9.17, 15) is 8.42 Å². The first-order valence-electron chi connectivity index (χ1n) is 7.05. The Bertz CT molecular complexity index is 791. The third kappa shape index (κ3) is 3.61. The van der Waals surface area contributed by atoms with Gasteiger partial charge >= 0.3 is 0 Å². The minimum absolute atomic E-state index is 0.0597. The van der Waals surface area contributed by atoms with Crippen LogP contribution >= 0.6 is 22.6 Å². The van der Waals surface area contributed by atoms with Crippen LogP contribution in [0.4, 0.5) is 5.69 Å². The molecule has 7 heteroatoms. The van der Waals surface area contributed by atoms with E-state index in [-0.39, 0.29) is 11.0 Å². The molecular formula is C16H16INO4S. The topological polar surface area (TPSA) is 59.1 Å². The molecular weight excluding hydrogens is 429 g/mol. The first-order valence-corrected chi connectivity index (χ1v) is 9.57. The van der Waals surface area contributed by atoms with Crippen LogP contribution in [0.3, 0.4) is 0 Å². The van der Waals surface area contributed by atoms with Crippen LogP contribution in [0.5, 0.6) is 5.75 Å². The fourth-order valence-electron chi connectivity index (χ4n) is 2.21. The summed E-state index contributed by atoms with van der Waals surface area (Å²) >= 11 is 2.13. The van der Waals surface area contributed by atoms with E-state index >= 15 is 0 Å². The molecule has 1 saturated heterocycles. The van der Waals surface area contributed by atoms with Gasteiger partial charge in [0.15, 0.2) is 0 Å². The first-order chi connectivity index (χ1) is 11.0. The molecule has 0 radical (unpaired) electrons. The van der Waals surface area contributed by atoms with E-state index in [1.807, 2.05) is 12.1 Å². The number of anilines is 1. The molecule has 1 aliphatic heterocycles. The van der Waals surface area contributed by atoms with Gasteiger partial charge in [0.25, 0.3) is 10.0 Å². The van der Waals surface area contributed by atoms with Crippen molar-refractivity contribution < 1.29 is 17.9 Å². The van der Waals surface area contributed by atoms with Gasteiger partial charge in [-0.2, -0.15) is 0 Å². The van der Waals surface area contributed by atoms with Crippen LogP contribution in [0, 0.1) is 3.57 Å². The van der Waals surface area contributed by atoms with Gasteiger partial charge in [0, 0.05) is 9.64 Å². The zero-order valence-electron chi connectivity index (χ0n) is 12.5. The summed E-state index contributed by atoms with van der Waals surface area (Å²) in [6.45, 7) is 0.877. The molecule has 1 heterocycles. The predicted molar refractivity (Wildman–Crippen MR) is 96.4 cm³/mol. The Morgan fingerprint density at radius 1 is 1.26 bits per heavy atom. The van der Waals surface area contributed by atoms with E-state index in [1.54, 1.807) is 43.5 Å². The maximum absolute atomic E-state index is 13.1. The van der Waals surface area contributed by atoms with Gasteiger partial charge in [0.2, 0.25) is 0 Å². The number of ether oxygens (including phenoxy) is 2. The number of methoxy groups -OCH3 is 1. The normalized spacial score (nSPS) is 16.9. The van der Waals surface area contributed by atoms with Crippen molar-refractivity contribution in [3.05, 3.63) is 52.1 Å². The number of benzene rings is 2. The maximum atomic E-state index is 13.1. The third-order valence-electron chi connectivity index (χ3n) is 3.53. The first kappa shape index (κ1) is 16.5. The van der Waals surface area contributed by atoms with Crippen molar-refractivity contribution in [2.75, 3.05) is 24.6 Å². The highest BCUT2D eigenvalue weighted by atomic mass is 127. The van der Waals surface area contributed by atoms with Crippen molar-refractivity contribution in [2.45, 2.75) is 11.0 Å². The maximum Gasteiger partial charge on any atom is 0.264 e. The zero-order valence-corrected chi connectivity index (χ0v) is 15.5. The summed E-state index contributed by atoms with van der Waals surface area (Å²) in [6, 6.07) is 13.8. The minimum Gasteiger partial charge on any atom is -0.497 e. The standard InChI is InChI=1S/C16H16INO4S/c1-21-12-7-8-15(17)16(9-12)18(10-13-11-22-13)23(19,20)14-5-3-2-4-6-14/h2-9,13H,10-11H2,1H3. The Balaban J connectivity index is 2.08. The number of nitrogens with zero attached hydrogens (tertiary/aromatic N) is 1. The summed E-state index contributed by atoms with van der Waals surface area (Å²) in [5, 5.41) is 0. The van der Waals surface area contributed by atoms with Crippen LogP contribution in [0.25, 0.3) is 0 Å². The Kier molecular flexibility index (Phi) is 4.79. The van der Waals surface area contributed by atoms with Crippen LogP contribution in [-0.2, 0) is 14.8 Å². The quantitative estimate of drug-likeness (QED) is 0.507. The van der Waals surface area contributed by atoms with E-state index in [0.29, 0.717) is 24.6 Å². The second-order valence-electron chi connectivity index (χ2n) is 5.12. The Hall–Kier alpha value is -1.32. The number of hydrogen-bond acceptors (Lipinski definition) is 4. The number of hydrogen-bond donors (Lipinski definition) is 0.